The van der Waals surface area contributed by atoms with Gasteiger partial charge in [-0.3, -0.25) is 4.90 Å². The van der Waals surface area contributed by atoms with Crippen molar-refractivity contribution in [1.29, 1.82) is 0 Å². The minimum atomic E-state index is -0.472. The third kappa shape index (κ3) is 4.54. The molecule has 1 atom stereocenters. The number of rotatable bonds is 7. The van der Waals surface area contributed by atoms with Crippen molar-refractivity contribution in [3.63, 3.8) is 0 Å². The van der Waals surface area contributed by atoms with Crippen LogP contribution in [0.3, 0.4) is 0 Å². The number of amides is 3. The molecule has 0 aromatic heterocycles. The van der Waals surface area contributed by atoms with Crippen molar-refractivity contribution in [3.05, 3.63) is 66.2 Å². The Hall–Kier alpha value is -3.94. The molecule has 2 N–H and O–H groups in total. The van der Waals surface area contributed by atoms with Crippen molar-refractivity contribution < 1.29 is 23.8 Å². The summed E-state index contributed by atoms with van der Waals surface area (Å²) in [6.45, 7) is 0.921. The van der Waals surface area contributed by atoms with Crippen LogP contribution in [0.4, 0.5) is 15.3 Å². The number of anilines is 1. The lowest BCUT2D eigenvalue weighted by Gasteiger charge is -2.16. The Kier molecular flexibility index (Phi) is 6.30. The van der Waals surface area contributed by atoms with Crippen LogP contribution in [0.25, 0.3) is 10.8 Å². The van der Waals surface area contributed by atoms with Crippen LogP contribution in [-0.4, -0.2) is 45.5 Å². The van der Waals surface area contributed by atoms with E-state index in [0.717, 1.165) is 16.3 Å². The van der Waals surface area contributed by atoms with Gasteiger partial charge in [-0.05, 0) is 28.5 Å². The van der Waals surface area contributed by atoms with Gasteiger partial charge in [0.05, 0.1) is 33.0 Å². The SMILES string of the molecule is COc1ccc(N2C[C@H](CNC(=O)NCc3cccc4ccccc34)OC2=O)cc1OC. The standard InChI is InChI=1S/C24H25N3O5/c1-30-21-11-10-18(12-22(21)31-2)27-15-19(32-24(27)29)14-26-23(28)25-13-17-8-5-7-16-6-3-4-9-20(16)17/h3-12,19H,13-15H2,1-2H3,(H2,25,26,28)/t19-/m0/s1. The average molecular weight is 435 g/mol. The maximum atomic E-state index is 12.3. The summed E-state index contributed by atoms with van der Waals surface area (Å²) in [5.74, 6) is 1.09. The number of benzene rings is 3. The van der Waals surface area contributed by atoms with Gasteiger partial charge in [0, 0.05) is 12.6 Å². The molecule has 32 heavy (non-hydrogen) atoms. The van der Waals surface area contributed by atoms with E-state index in [1.807, 2.05) is 42.5 Å². The lowest BCUT2D eigenvalue weighted by molar-refractivity contribution is 0.140. The maximum absolute atomic E-state index is 12.3. The van der Waals surface area contributed by atoms with Crippen molar-refractivity contribution in [2.75, 3.05) is 32.2 Å². The molecule has 1 aliphatic rings. The van der Waals surface area contributed by atoms with Crippen LogP contribution in [0.15, 0.2) is 60.7 Å². The summed E-state index contributed by atoms with van der Waals surface area (Å²) in [6.07, 6.45) is -0.931. The molecular formula is C24H25N3O5. The lowest BCUT2D eigenvalue weighted by atomic mass is 10.0. The Morgan fingerprint density at radius 3 is 2.62 bits per heavy atom. The second-order valence-electron chi connectivity index (χ2n) is 7.36. The van der Waals surface area contributed by atoms with Gasteiger partial charge >= 0.3 is 12.1 Å². The fraction of sp³-hybridized carbons (Fsp3) is 0.250. The topological polar surface area (TPSA) is 89.1 Å². The van der Waals surface area contributed by atoms with E-state index in [2.05, 4.69) is 10.6 Å². The minimum absolute atomic E-state index is 0.205. The third-order valence-electron chi connectivity index (χ3n) is 5.36. The first-order chi connectivity index (χ1) is 15.6. The highest BCUT2D eigenvalue weighted by Gasteiger charge is 2.33. The second kappa shape index (κ2) is 9.47. The normalized spacial score (nSPS) is 15.4. The highest BCUT2D eigenvalue weighted by molar-refractivity contribution is 5.90. The van der Waals surface area contributed by atoms with Gasteiger partial charge < -0.3 is 24.8 Å². The Labute approximate surface area is 186 Å². The molecule has 1 aliphatic heterocycles. The Balaban J connectivity index is 1.31. The van der Waals surface area contributed by atoms with Gasteiger partial charge in [-0.15, -0.1) is 0 Å². The Morgan fingerprint density at radius 2 is 1.81 bits per heavy atom. The van der Waals surface area contributed by atoms with E-state index in [9.17, 15) is 9.59 Å². The fourth-order valence-electron chi connectivity index (χ4n) is 3.72. The largest absolute Gasteiger partial charge is 0.493 e. The van der Waals surface area contributed by atoms with E-state index in [0.29, 0.717) is 30.3 Å². The average Bonchev–Trinajstić information content (AvgIpc) is 3.21. The van der Waals surface area contributed by atoms with Crippen LogP contribution < -0.4 is 25.0 Å². The summed E-state index contributed by atoms with van der Waals surface area (Å²) in [5, 5.41) is 7.87. The second-order valence-corrected chi connectivity index (χ2v) is 7.36. The third-order valence-corrected chi connectivity index (χ3v) is 5.36. The molecule has 0 aliphatic carbocycles. The van der Waals surface area contributed by atoms with E-state index in [4.69, 9.17) is 14.2 Å². The number of fused-ring (bicyclic) bond motifs is 1. The lowest BCUT2D eigenvalue weighted by Crippen LogP contribution is -2.40. The predicted molar refractivity (Wildman–Crippen MR) is 121 cm³/mol. The molecule has 8 nitrogen and oxygen atoms in total. The highest BCUT2D eigenvalue weighted by Crippen LogP contribution is 2.33. The maximum Gasteiger partial charge on any atom is 0.414 e. The van der Waals surface area contributed by atoms with E-state index >= 15 is 0 Å². The highest BCUT2D eigenvalue weighted by atomic mass is 16.6. The van der Waals surface area contributed by atoms with Crippen LogP contribution in [-0.2, 0) is 11.3 Å². The molecular weight excluding hydrogens is 410 g/mol. The fourth-order valence-corrected chi connectivity index (χ4v) is 3.72. The first-order valence-corrected chi connectivity index (χ1v) is 10.3. The molecule has 1 fully saturated rings. The van der Waals surface area contributed by atoms with Gasteiger partial charge in [-0.1, -0.05) is 42.5 Å². The number of methoxy groups -OCH3 is 2. The summed E-state index contributed by atoms with van der Waals surface area (Å²) < 4.78 is 15.9. The molecule has 0 saturated carbocycles. The summed E-state index contributed by atoms with van der Waals surface area (Å²) >= 11 is 0. The number of urea groups is 1. The zero-order valence-corrected chi connectivity index (χ0v) is 18.0. The molecule has 0 bridgehead atoms. The smallest absolute Gasteiger partial charge is 0.414 e. The summed E-state index contributed by atoms with van der Waals surface area (Å²) in [7, 11) is 3.09. The van der Waals surface area contributed by atoms with Gasteiger partial charge in [0.2, 0.25) is 0 Å². The molecule has 0 spiro atoms. The molecule has 3 aromatic carbocycles. The van der Waals surface area contributed by atoms with Crippen LogP contribution >= 0.6 is 0 Å². The first kappa shape index (κ1) is 21.3. The molecule has 3 aromatic rings. The van der Waals surface area contributed by atoms with Gasteiger partial charge in [-0.25, -0.2) is 9.59 Å². The quantitative estimate of drug-likeness (QED) is 0.591. The van der Waals surface area contributed by atoms with Crippen LogP contribution in [0.1, 0.15) is 5.56 Å². The number of carbonyl (C=O) groups excluding carboxylic acids is 2. The van der Waals surface area contributed by atoms with Gasteiger partial charge in [0.1, 0.15) is 6.10 Å². The monoisotopic (exact) mass is 435 g/mol. The number of nitrogens with zero attached hydrogens (tertiary/aromatic N) is 1. The summed E-state index contributed by atoms with van der Waals surface area (Å²) in [6, 6.07) is 18.9. The molecule has 8 heteroatoms. The van der Waals surface area contributed by atoms with E-state index in [-0.39, 0.29) is 12.6 Å². The van der Waals surface area contributed by atoms with Crippen LogP contribution in [0.5, 0.6) is 11.5 Å². The molecule has 166 valence electrons. The molecule has 0 unspecified atom stereocenters. The van der Waals surface area contributed by atoms with Crippen LogP contribution in [0.2, 0.25) is 0 Å². The number of hydrogen-bond donors (Lipinski definition) is 2. The summed E-state index contributed by atoms with van der Waals surface area (Å²) in [5.41, 5.74) is 1.67. The summed E-state index contributed by atoms with van der Waals surface area (Å²) in [4.78, 5) is 26.1. The number of nitrogens with one attached hydrogen (secondary N) is 2. The van der Waals surface area contributed by atoms with Gasteiger partial charge in [-0.2, -0.15) is 0 Å². The predicted octanol–water partition coefficient (Wildman–Crippen LogP) is 3.68. The Bertz CT molecular complexity index is 1130. The molecule has 1 saturated heterocycles. The van der Waals surface area contributed by atoms with E-state index in [1.54, 1.807) is 25.3 Å². The molecule has 0 radical (unpaired) electrons. The van der Waals surface area contributed by atoms with E-state index < -0.39 is 12.2 Å². The van der Waals surface area contributed by atoms with E-state index in [1.165, 1.54) is 12.0 Å². The van der Waals surface area contributed by atoms with Crippen molar-refractivity contribution in [2.45, 2.75) is 12.6 Å². The van der Waals surface area contributed by atoms with Crippen LogP contribution in [0, 0.1) is 0 Å². The van der Waals surface area contributed by atoms with Crippen molar-refractivity contribution >= 4 is 28.6 Å². The molecule has 3 amide bonds. The number of ether oxygens (including phenoxy) is 3. The van der Waals surface area contributed by atoms with Crippen molar-refractivity contribution in [3.8, 4) is 11.5 Å². The molecule has 1 heterocycles. The number of hydrogen-bond acceptors (Lipinski definition) is 5. The first-order valence-electron chi connectivity index (χ1n) is 10.3. The molecule has 4 rings (SSSR count). The zero-order chi connectivity index (χ0) is 22.5. The number of cyclic esters (lactones) is 1. The number of carbonyl (C=O) groups is 2. The van der Waals surface area contributed by atoms with Gasteiger partial charge in [0.15, 0.2) is 11.5 Å². The van der Waals surface area contributed by atoms with Crippen molar-refractivity contribution in [2.24, 2.45) is 0 Å². The van der Waals surface area contributed by atoms with Crippen molar-refractivity contribution in [1.82, 2.24) is 10.6 Å². The Morgan fingerprint density at radius 1 is 1.03 bits per heavy atom. The minimum Gasteiger partial charge on any atom is -0.493 e. The van der Waals surface area contributed by atoms with Gasteiger partial charge in [0.25, 0.3) is 0 Å². The zero-order valence-electron chi connectivity index (χ0n) is 18.0.